The number of imidazole rings is 1. The summed E-state index contributed by atoms with van der Waals surface area (Å²) >= 11 is 1.47. The number of thiophene rings is 1. The second-order valence-corrected chi connectivity index (χ2v) is 10.7. The summed E-state index contributed by atoms with van der Waals surface area (Å²) in [6.07, 6.45) is 6.76. The van der Waals surface area contributed by atoms with Crippen molar-refractivity contribution in [2.45, 2.75) is 24.7 Å². The molecule has 32 heavy (non-hydrogen) atoms. The standard InChI is InChI=1S/C23H21N3O4S2/c1-16-6-11-21(31-16)20(27)10-7-17-14-25(15-24-17)19-9-8-18(13-22(19)32(2,29)30)26-12-4-3-5-23(26)28/h3-6,8-9,11-15H,7,10H2,1-2H3. The molecule has 0 bridgehead atoms. The molecule has 0 aliphatic heterocycles. The van der Waals surface area contributed by atoms with Crippen molar-refractivity contribution in [3.63, 3.8) is 0 Å². The van der Waals surface area contributed by atoms with E-state index in [0.29, 0.717) is 29.9 Å². The van der Waals surface area contributed by atoms with Crippen LogP contribution in [0.1, 0.15) is 26.7 Å². The predicted octanol–water partition coefficient (Wildman–Crippen LogP) is 3.61. The average molecular weight is 468 g/mol. The zero-order valence-corrected chi connectivity index (χ0v) is 19.2. The fraction of sp³-hybridized carbons (Fsp3) is 0.174. The molecule has 3 aromatic heterocycles. The number of Topliss-reactive ketones (excluding diaryl/α,β-unsaturated/α-hetero) is 1. The number of aromatic nitrogens is 3. The van der Waals surface area contributed by atoms with Crippen LogP contribution in [0.15, 0.2) is 76.9 Å². The maximum absolute atomic E-state index is 12.5. The van der Waals surface area contributed by atoms with Gasteiger partial charge < -0.3 is 4.57 Å². The highest BCUT2D eigenvalue weighted by Gasteiger charge is 2.17. The van der Waals surface area contributed by atoms with Crippen LogP contribution in [0.5, 0.6) is 0 Å². The van der Waals surface area contributed by atoms with Crippen LogP contribution in [-0.2, 0) is 16.3 Å². The molecule has 1 aromatic carbocycles. The number of hydrogen-bond acceptors (Lipinski definition) is 6. The Labute approximate surface area is 189 Å². The van der Waals surface area contributed by atoms with Crippen LogP contribution in [0.2, 0.25) is 0 Å². The van der Waals surface area contributed by atoms with Crippen LogP contribution in [0.25, 0.3) is 11.4 Å². The first-order valence-electron chi connectivity index (χ1n) is 9.87. The lowest BCUT2D eigenvalue weighted by Crippen LogP contribution is -2.16. The molecule has 0 atom stereocenters. The van der Waals surface area contributed by atoms with Gasteiger partial charge in [0.25, 0.3) is 5.56 Å². The second kappa shape index (κ2) is 8.68. The van der Waals surface area contributed by atoms with E-state index in [4.69, 9.17) is 0 Å². The maximum Gasteiger partial charge on any atom is 0.255 e. The molecule has 0 saturated carbocycles. The third-order valence-electron chi connectivity index (χ3n) is 4.98. The van der Waals surface area contributed by atoms with Crippen LogP contribution in [-0.4, -0.2) is 34.6 Å². The van der Waals surface area contributed by atoms with Gasteiger partial charge in [0.05, 0.1) is 33.2 Å². The number of carbonyl (C=O) groups excluding carboxylic acids is 1. The molecule has 0 radical (unpaired) electrons. The Morgan fingerprint density at radius 2 is 1.94 bits per heavy atom. The first-order chi connectivity index (χ1) is 15.2. The van der Waals surface area contributed by atoms with Gasteiger partial charge in [0.2, 0.25) is 0 Å². The van der Waals surface area contributed by atoms with E-state index in [1.54, 1.807) is 41.2 Å². The SMILES string of the molecule is Cc1ccc(C(=O)CCc2cn(-c3ccc(-n4ccccc4=O)cc3S(C)(=O)=O)cn2)s1. The van der Waals surface area contributed by atoms with E-state index in [1.165, 1.54) is 34.4 Å². The van der Waals surface area contributed by atoms with Crippen LogP contribution < -0.4 is 5.56 Å². The van der Waals surface area contributed by atoms with Gasteiger partial charge in [0.1, 0.15) is 0 Å². The minimum atomic E-state index is -3.59. The second-order valence-electron chi connectivity index (χ2n) is 7.44. The van der Waals surface area contributed by atoms with Gasteiger partial charge in [0.15, 0.2) is 15.6 Å². The summed E-state index contributed by atoms with van der Waals surface area (Å²) in [7, 11) is -3.59. The highest BCUT2D eigenvalue weighted by Crippen LogP contribution is 2.24. The highest BCUT2D eigenvalue weighted by molar-refractivity contribution is 7.90. The van der Waals surface area contributed by atoms with E-state index < -0.39 is 9.84 Å². The molecule has 0 spiro atoms. The summed E-state index contributed by atoms with van der Waals surface area (Å²) < 4.78 is 28.0. The van der Waals surface area contributed by atoms with Crippen LogP contribution in [0.3, 0.4) is 0 Å². The molecule has 0 saturated heterocycles. The highest BCUT2D eigenvalue weighted by atomic mass is 32.2. The molecule has 164 valence electrons. The summed E-state index contributed by atoms with van der Waals surface area (Å²) in [4.78, 5) is 30.8. The molecule has 4 aromatic rings. The summed E-state index contributed by atoms with van der Waals surface area (Å²) in [6, 6.07) is 13.3. The Morgan fingerprint density at radius 3 is 2.62 bits per heavy atom. The van der Waals surface area contributed by atoms with Crippen molar-refractivity contribution in [1.82, 2.24) is 14.1 Å². The maximum atomic E-state index is 12.5. The van der Waals surface area contributed by atoms with Crippen LogP contribution in [0, 0.1) is 6.92 Å². The van der Waals surface area contributed by atoms with Crippen molar-refractivity contribution in [2.75, 3.05) is 6.26 Å². The Balaban J connectivity index is 1.62. The third-order valence-corrected chi connectivity index (χ3v) is 7.15. The summed E-state index contributed by atoms with van der Waals surface area (Å²) in [5.41, 5.74) is 1.32. The monoisotopic (exact) mass is 467 g/mol. The van der Waals surface area contributed by atoms with E-state index in [-0.39, 0.29) is 16.2 Å². The Hall–Kier alpha value is -3.30. The topological polar surface area (TPSA) is 91.0 Å². The van der Waals surface area contributed by atoms with Gasteiger partial charge in [-0.2, -0.15) is 0 Å². The van der Waals surface area contributed by atoms with Gasteiger partial charge in [-0.15, -0.1) is 11.3 Å². The van der Waals surface area contributed by atoms with Crippen molar-refractivity contribution >= 4 is 27.0 Å². The average Bonchev–Trinajstić information content (AvgIpc) is 3.40. The quantitative estimate of drug-likeness (QED) is 0.387. The van der Waals surface area contributed by atoms with Crippen molar-refractivity contribution in [2.24, 2.45) is 0 Å². The lowest BCUT2D eigenvalue weighted by atomic mass is 10.1. The van der Waals surface area contributed by atoms with Gasteiger partial charge in [0, 0.05) is 36.0 Å². The van der Waals surface area contributed by atoms with Crippen molar-refractivity contribution in [3.8, 4) is 11.4 Å². The zero-order chi connectivity index (χ0) is 22.9. The molecule has 0 fully saturated rings. The molecule has 4 rings (SSSR count). The zero-order valence-electron chi connectivity index (χ0n) is 17.6. The van der Waals surface area contributed by atoms with Gasteiger partial charge in [-0.25, -0.2) is 13.4 Å². The summed E-state index contributed by atoms with van der Waals surface area (Å²) in [5, 5.41) is 0. The number of aryl methyl sites for hydroxylation is 2. The van der Waals surface area contributed by atoms with Crippen molar-refractivity contribution in [3.05, 3.63) is 93.1 Å². The summed E-state index contributed by atoms with van der Waals surface area (Å²) in [5.74, 6) is 0.0622. The first-order valence-corrected chi connectivity index (χ1v) is 12.6. The minimum absolute atomic E-state index is 0.0622. The molecular formula is C23H21N3O4S2. The lowest BCUT2D eigenvalue weighted by Gasteiger charge is -2.12. The van der Waals surface area contributed by atoms with Gasteiger partial charge in [-0.05, 0) is 49.7 Å². The summed E-state index contributed by atoms with van der Waals surface area (Å²) in [6.45, 7) is 1.96. The molecule has 0 amide bonds. The molecule has 0 aliphatic carbocycles. The Bertz CT molecular complexity index is 1460. The largest absolute Gasteiger partial charge is 0.305 e. The number of sulfone groups is 1. The molecule has 7 nitrogen and oxygen atoms in total. The molecule has 0 aliphatic rings. The van der Waals surface area contributed by atoms with Crippen LogP contribution in [0.4, 0.5) is 0 Å². The van der Waals surface area contributed by atoms with Gasteiger partial charge >= 0.3 is 0 Å². The van der Waals surface area contributed by atoms with Gasteiger partial charge in [-0.1, -0.05) is 6.07 Å². The number of benzene rings is 1. The number of pyridine rings is 1. The van der Waals surface area contributed by atoms with E-state index in [9.17, 15) is 18.0 Å². The van der Waals surface area contributed by atoms with Crippen molar-refractivity contribution in [1.29, 1.82) is 0 Å². The number of carbonyl (C=O) groups is 1. The minimum Gasteiger partial charge on any atom is -0.305 e. The molecule has 9 heteroatoms. The normalized spacial score (nSPS) is 11.6. The van der Waals surface area contributed by atoms with E-state index in [1.807, 2.05) is 19.1 Å². The smallest absolute Gasteiger partial charge is 0.255 e. The van der Waals surface area contributed by atoms with E-state index in [0.717, 1.165) is 16.0 Å². The first kappa shape index (κ1) is 21.9. The van der Waals surface area contributed by atoms with Crippen molar-refractivity contribution < 1.29 is 13.2 Å². The predicted molar refractivity (Wildman–Crippen MR) is 124 cm³/mol. The fourth-order valence-corrected chi connectivity index (χ4v) is 5.10. The molecule has 0 N–H and O–H groups in total. The Kier molecular flexibility index (Phi) is 5.94. The van der Waals surface area contributed by atoms with Gasteiger partial charge in [-0.3, -0.25) is 14.2 Å². The number of rotatable bonds is 7. The molecular weight excluding hydrogens is 446 g/mol. The molecule has 3 heterocycles. The fourth-order valence-electron chi connectivity index (χ4n) is 3.38. The third kappa shape index (κ3) is 4.63. The van der Waals surface area contributed by atoms with Crippen LogP contribution >= 0.6 is 11.3 Å². The van der Waals surface area contributed by atoms with E-state index >= 15 is 0 Å². The Morgan fingerprint density at radius 1 is 1.12 bits per heavy atom. The van der Waals surface area contributed by atoms with E-state index in [2.05, 4.69) is 4.98 Å². The number of hydrogen-bond donors (Lipinski definition) is 0. The number of nitrogens with zero attached hydrogens (tertiary/aromatic N) is 3. The lowest BCUT2D eigenvalue weighted by molar-refractivity contribution is 0.0986. The number of ketones is 1. The molecule has 0 unspecified atom stereocenters.